The molecule has 1 atom stereocenters. The van der Waals surface area contributed by atoms with Crippen LogP contribution in [0.3, 0.4) is 0 Å². The number of hydrogen-bond acceptors (Lipinski definition) is 5. The van der Waals surface area contributed by atoms with E-state index in [4.69, 9.17) is 9.47 Å². The Bertz CT molecular complexity index is 1270. The molecule has 3 aromatic carbocycles. The van der Waals surface area contributed by atoms with Gasteiger partial charge in [0.15, 0.2) is 0 Å². The minimum atomic E-state index is -0.834. The number of Topliss-reactive ketones (excluding diaryl/α,β-unsaturated/α-hetero) is 1. The first-order chi connectivity index (χ1) is 17.4. The minimum Gasteiger partial charge on any atom is -0.507 e. The standard InChI is InChI=1S/C29H28FNO5/c1-19-5-3-6-20(17-19)18-36-24-13-9-22(10-14-24)27(32)25-26(21-7-11-23(30)12-8-21)31(15-4-16-35-2)29(34)28(25)33/h3,5-14,17,26,32H,4,15-16,18H2,1-2H3. The highest BCUT2D eigenvalue weighted by Gasteiger charge is 2.45. The molecule has 1 saturated heterocycles. The third kappa shape index (κ3) is 5.47. The molecule has 6 nitrogen and oxygen atoms in total. The number of halogens is 1. The fourth-order valence-electron chi connectivity index (χ4n) is 4.31. The highest BCUT2D eigenvalue weighted by atomic mass is 19.1. The molecule has 0 spiro atoms. The number of ether oxygens (including phenoxy) is 2. The molecule has 1 amide bonds. The fraction of sp³-hybridized carbons (Fsp3) is 0.241. The molecule has 186 valence electrons. The molecular formula is C29H28FNO5. The van der Waals surface area contributed by atoms with Gasteiger partial charge in [-0.2, -0.15) is 0 Å². The van der Waals surface area contributed by atoms with Gasteiger partial charge in [0.1, 0.15) is 23.9 Å². The number of amides is 1. The number of carbonyl (C=O) groups is 2. The quantitative estimate of drug-likeness (QED) is 0.194. The van der Waals surface area contributed by atoms with Gasteiger partial charge >= 0.3 is 0 Å². The molecule has 1 aliphatic heterocycles. The van der Waals surface area contributed by atoms with Crippen LogP contribution in [0.4, 0.5) is 4.39 Å². The van der Waals surface area contributed by atoms with Gasteiger partial charge in [-0.3, -0.25) is 9.59 Å². The maximum atomic E-state index is 13.6. The van der Waals surface area contributed by atoms with E-state index in [1.807, 2.05) is 31.2 Å². The van der Waals surface area contributed by atoms with Crippen molar-refractivity contribution in [3.63, 3.8) is 0 Å². The number of carbonyl (C=O) groups excluding carboxylic acids is 2. The van der Waals surface area contributed by atoms with E-state index < -0.39 is 23.5 Å². The van der Waals surface area contributed by atoms with Crippen LogP contribution in [0.15, 0.2) is 78.4 Å². The molecule has 0 radical (unpaired) electrons. The van der Waals surface area contributed by atoms with E-state index in [0.717, 1.165) is 11.1 Å². The van der Waals surface area contributed by atoms with Crippen LogP contribution in [-0.2, 0) is 20.9 Å². The number of nitrogens with zero attached hydrogens (tertiary/aromatic N) is 1. The summed E-state index contributed by atoms with van der Waals surface area (Å²) in [6.45, 7) is 3.07. The van der Waals surface area contributed by atoms with Crippen molar-refractivity contribution < 1.29 is 28.6 Å². The second kappa shape index (κ2) is 11.2. The Kier molecular flexibility index (Phi) is 7.80. The molecule has 1 aliphatic rings. The van der Waals surface area contributed by atoms with E-state index in [1.54, 1.807) is 31.4 Å². The van der Waals surface area contributed by atoms with Crippen molar-refractivity contribution >= 4 is 17.4 Å². The van der Waals surface area contributed by atoms with Crippen LogP contribution in [0, 0.1) is 12.7 Å². The Morgan fingerprint density at radius 2 is 1.75 bits per heavy atom. The van der Waals surface area contributed by atoms with Crippen molar-refractivity contribution in [1.82, 2.24) is 4.90 Å². The third-order valence-corrected chi connectivity index (χ3v) is 6.09. The fourth-order valence-corrected chi connectivity index (χ4v) is 4.31. The molecule has 36 heavy (non-hydrogen) atoms. The number of benzene rings is 3. The maximum absolute atomic E-state index is 13.6. The van der Waals surface area contributed by atoms with E-state index in [2.05, 4.69) is 0 Å². The van der Waals surface area contributed by atoms with Gasteiger partial charge in [0.2, 0.25) is 0 Å². The third-order valence-electron chi connectivity index (χ3n) is 6.09. The number of aryl methyl sites for hydroxylation is 1. The zero-order chi connectivity index (χ0) is 25.7. The summed E-state index contributed by atoms with van der Waals surface area (Å²) in [5.41, 5.74) is 3.06. The molecule has 0 bridgehead atoms. The molecule has 0 aliphatic carbocycles. The lowest BCUT2D eigenvalue weighted by molar-refractivity contribution is -0.140. The average Bonchev–Trinajstić information content (AvgIpc) is 3.13. The number of aliphatic hydroxyl groups is 1. The van der Waals surface area contributed by atoms with Gasteiger partial charge in [-0.25, -0.2) is 4.39 Å². The molecule has 0 saturated carbocycles. The second-order valence-electron chi connectivity index (χ2n) is 8.69. The monoisotopic (exact) mass is 489 g/mol. The molecule has 1 fully saturated rings. The van der Waals surface area contributed by atoms with Crippen LogP contribution in [0.2, 0.25) is 0 Å². The topological polar surface area (TPSA) is 76.1 Å². The Morgan fingerprint density at radius 3 is 2.42 bits per heavy atom. The summed E-state index contributed by atoms with van der Waals surface area (Å²) in [6, 6.07) is 19.4. The van der Waals surface area contributed by atoms with Gasteiger partial charge in [-0.1, -0.05) is 42.0 Å². The molecule has 1 unspecified atom stereocenters. The summed E-state index contributed by atoms with van der Waals surface area (Å²) in [7, 11) is 1.56. The molecule has 1 N–H and O–H groups in total. The van der Waals surface area contributed by atoms with Crippen LogP contribution in [0.5, 0.6) is 5.75 Å². The van der Waals surface area contributed by atoms with Crippen LogP contribution in [0.1, 0.15) is 34.7 Å². The van der Waals surface area contributed by atoms with Crippen molar-refractivity contribution in [3.8, 4) is 5.75 Å². The Labute approximate surface area is 209 Å². The smallest absolute Gasteiger partial charge is 0.295 e. The van der Waals surface area contributed by atoms with Crippen molar-refractivity contribution in [2.75, 3.05) is 20.3 Å². The van der Waals surface area contributed by atoms with E-state index >= 15 is 0 Å². The summed E-state index contributed by atoms with van der Waals surface area (Å²) >= 11 is 0. The first-order valence-corrected chi connectivity index (χ1v) is 11.7. The summed E-state index contributed by atoms with van der Waals surface area (Å²) in [5.74, 6) is -1.61. The van der Waals surface area contributed by atoms with Crippen molar-refractivity contribution in [1.29, 1.82) is 0 Å². The Morgan fingerprint density at radius 1 is 1.03 bits per heavy atom. The van der Waals surface area contributed by atoms with Crippen LogP contribution in [0.25, 0.3) is 5.76 Å². The molecule has 3 aromatic rings. The number of methoxy groups -OCH3 is 1. The largest absolute Gasteiger partial charge is 0.507 e. The van der Waals surface area contributed by atoms with Gasteiger partial charge < -0.3 is 19.5 Å². The SMILES string of the molecule is COCCCN1C(=O)C(=O)C(=C(O)c2ccc(OCc3cccc(C)c3)cc2)C1c1ccc(F)cc1. The maximum Gasteiger partial charge on any atom is 0.295 e. The molecule has 1 heterocycles. The molecule has 0 aromatic heterocycles. The molecule has 4 rings (SSSR count). The van der Waals surface area contributed by atoms with E-state index in [1.165, 1.54) is 29.2 Å². The van der Waals surface area contributed by atoms with Crippen molar-refractivity contribution in [2.24, 2.45) is 0 Å². The van der Waals surface area contributed by atoms with Gasteiger partial charge in [0.05, 0.1) is 11.6 Å². The second-order valence-corrected chi connectivity index (χ2v) is 8.69. The van der Waals surface area contributed by atoms with Crippen molar-refractivity contribution in [3.05, 3.63) is 106 Å². The van der Waals surface area contributed by atoms with Crippen LogP contribution >= 0.6 is 0 Å². The summed E-state index contributed by atoms with van der Waals surface area (Å²) < 4.78 is 24.5. The van der Waals surface area contributed by atoms with E-state index in [9.17, 15) is 19.1 Å². The van der Waals surface area contributed by atoms with Gasteiger partial charge in [0, 0.05) is 25.8 Å². The van der Waals surface area contributed by atoms with Crippen LogP contribution in [-0.4, -0.2) is 42.0 Å². The highest BCUT2D eigenvalue weighted by molar-refractivity contribution is 6.46. The zero-order valence-electron chi connectivity index (χ0n) is 20.2. The number of rotatable bonds is 9. The summed E-state index contributed by atoms with van der Waals surface area (Å²) in [4.78, 5) is 27.3. The predicted molar refractivity (Wildman–Crippen MR) is 134 cm³/mol. The van der Waals surface area contributed by atoms with Gasteiger partial charge in [0.25, 0.3) is 11.7 Å². The number of likely N-dealkylation sites (tertiary alicyclic amines) is 1. The normalized spacial score (nSPS) is 17.0. The highest BCUT2D eigenvalue weighted by Crippen LogP contribution is 2.39. The zero-order valence-corrected chi connectivity index (χ0v) is 20.2. The first kappa shape index (κ1) is 25.1. The Balaban J connectivity index is 1.62. The summed E-state index contributed by atoms with van der Waals surface area (Å²) in [5, 5.41) is 11.2. The average molecular weight is 490 g/mol. The first-order valence-electron chi connectivity index (χ1n) is 11.7. The van der Waals surface area contributed by atoms with Crippen molar-refractivity contribution in [2.45, 2.75) is 26.0 Å². The molecular weight excluding hydrogens is 461 g/mol. The number of aliphatic hydroxyl groups excluding tert-OH is 1. The predicted octanol–water partition coefficient (Wildman–Crippen LogP) is 5.17. The van der Waals surface area contributed by atoms with E-state index in [-0.39, 0.29) is 17.9 Å². The number of hydrogen-bond donors (Lipinski definition) is 1. The lowest BCUT2D eigenvalue weighted by atomic mass is 9.95. The Hall–Kier alpha value is -3.97. The minimum absolute atomic E-state index is 0.0301. The van der Waals surface area contributed by atoms with Gasteiger partial charge in [-0.05, 0) is 60.9 Å². The van der Waals surface area contributed by atoms with E-state index in [0.29, 0.717) is 36.5 Å². The lowest BCUT2D eigenvalue weighted by Gasteiger charge is -2.25. The molecule has 7 heteroatoms. The van der Waals surface area contributed by atoms with Gasteiger partial charge in [-0.15, -0.1) is 0 Å². The van der Waals surface area contributed by atoms with Crippen LogP contribution < -0.4 is 4.74 Å². The lowest BCUT2D eigenvalue weighted by Crippen LogP contribution is -2.31. The summed E-state index contributed by atoms with van der Waals surface area (Å²) in [6.07, 6.45) is 0.508. The number of ketones is 1.